The molecule has 0 aliphatic rings. The van der Waals surface area contributed by atoms with Crippen molar-refractivity contribution in [3.05, 3.63) is 48.5 Å². The van der Waals surface area contributed by atoms with E-state index in [0.717, 1.165) is 7.22 Å². The first-order valence-electron chi connectivity index (χ1n) is 7.54. The number of carbonyl (C=O) groups excluding carboxylic acids is 2. The van der Waals surface area contributed by atoms with Gasteiger partial charge in [-0.2, -0.15) is 0 Å². The molecule has 0 heterocycles. The molecule has 138 valence electrons. The van der Waals surface area contributed by atoms with Crippen molar-refractivity contribution in [2.24, 2.45) is 0 Å². The van der Waals surface area contributed by atoms with Crippen molar-refractivity contribution in [1.29, 1.82) is 0 Å². The van der Waals surface area contributed by atoms with Gasteiger partial charge in [-0.25, -0.2) is 0 Å². The fourth-order valence-electron chi connectivity index (χ4n) is 1.86. The van der Waals surface area contributed by atoms with Crippen LogP contribution in [0.5, 0.6) is 11.5 Å². The summed E-state index contributed by atoms with van der Waals surface area (Å²) < 4.78 is 33.7. The van der Waals surface area contributed by atoms with Crippen molar-refractivity contribution in [2.45, 2.75) is 0 Å². The van der Waals surface area contributed by atoms with Crippen LogP contribution in [0.3, 0.4) is 0 Å². The van der Waals surface area contributed by atoms with E-state index in [9.17, 15) is 12.7 Å². The molecule has 0 bridgehead atoms. The molecule has 0 spiro atoms. The predicted molar refractivity (Wildman–Crippen MR) is 93.6 cm³/mol. The Morgan fingerprint density at radius 2 is 1.08 bits per heavy atom. The van der Waals surface area contributed by atoms with E-state index in [1.165, 1.54) is 14.2 Å². The van der Waals surface area contributed by atoms with Gasteiger partial charge in [0.25, 0.3) is 0 Å². The molecule has 0 unspecified atom stereocenters. The van der Waals surface area contributed by atoms with Crippen molar-refractivity contribution in [2.75, 3.05) is 27.4 Å². The monoisotopic (exact) mass is 476 g/mol. The Kier molecular flexibility index (Phi) is 7.57. The van der Waals surface area contributed by atoms with Gasteiger partial charge in [0.05, 0.1) is 0 Å². The summed E-state index contributed by atoms with van der Waals surface area (Å²) in [5.41, 5.74) is 0. The van der Waals surface area contributed by atoms with E-state index in [-0.39, 0.29) is 13.2 Å². The van der Waals surface area contributed by atoms with Crippen molar-refractivity contribution in [3.8, 4) is 11.5 Å². The molecule has 7 nitrogen and oxygen atoms in total. The summed E-state index contributed by atoms with van der Waals surface area (Å²) >= 11 is -2.93. The number of hydrogen-bond acceptors (Lipinski definition) is 7. The minimum absolute atomic E-state index is 0.177. The third-order valence-corrected chi connectivity index (χ3v) is 7.24. The molecular weight excluding hydrogens is 456 g/mol. The van der Waals surface area contributed by atoms with Gasteiger partial charge in [0.1, 0.15) is 0 Å². The van der Waals surface area contributed by atoms with Crippen LogP contribution in [-0.4, -0.2) is 58.9 Å². The van der Waals surface area contributed by atoms with Gasteiger partial charge in [0.15, 0.2) is 0 Å². The molecule has 2 aromatic rings. The number of rotatable bonds is 8. The molecule has 2 aromatic carbocycles. The first-order valence-corrected chi connectivity index (χ1v) is 10.8. The van der Waals surface area contributed by atoms with Crippen LogP contribution in [0.15, 0.2) is 48.5 Å². The van der Waals surface area contributed by atoms with Crippen LogP contribution in [0.1, 0.15) is 0 Å². The van der Waals surface area contributed by atoms with Gasteiger partial charge < -0.3 is 0 Å². The predicted octanol–water partition coefficient (Wildman–Crippen LogP) is 0.326. The Morgan fingerprint density at radius 3 is 1.38 bits per heavy atom. The summed E-state index contributed by atoms with van der Waals surface area (Å²) in [5, 5.41) is 0. The molecule has 26 heavy (non-hydrogen) atoms. The molecule has 0 saturated carbocycles. The number of ether oxygens (including phenoxy) is 4. The van der Waals surface area contributed by atoms with Gasteiger partial charge in [-0.3, -0.25) is 0 Å². The third kappa shape index (κ3) is 5.83. The molecule has 0 saturated heterocycles. The molecule has 2 rings (SSSR count). The van der Waals surface area contributed by atoms with Crippen LogP contribution in [-0.2, 0) is 22.2 Å². The molecule has 8 heteroatoms. The van der Waals surface area contributed by atoms with Crippen molar-refractivity contribution in [1.82, 2.24) is 0 Å². The van der Waals surface area contributed by atoms with E-state index in [1.807, 2.05) is 0 Å². The molecule has 0 radical (unpaired) electrons. The molecule has 0 aromatic heterocycles. The van der Waals surface area contributed by atoms with Gasteiger partial charge in [0, 0.05) is 0 Å². The van der Waals surface area contributed by atoms with E-state index in [1.54, 1.807) is 48.5 Å². The zero-order valence-corrected chi connectivity index (χ0v) is 16.6. The summed E-state index contributed by atoms with van der Waals surface area (Å²) in [7, 11) is 2.57. The van der Waals surface area contributed by atoms with Gasteiger partial charge in [-0.1, -0.05) is 0 Å². The van der Waals surface area contributed by atoms with Crippen LogP contribution in [0.4, 0.5) is 0 Å². The van der Waals surface area contributed by atoms with Crippen LogP contribution >= 0.6 is 0 Å². The molecule has 0 amide bonds. The summed E-state index contributed by atoms with van der Waals surface area (Å²) in [6.45, 7) is -0.354. The Labute approximate surface area is 157 Å². The van der Waals surface area contributed by atoms with E-state index in [2.05, 4.69) is 9.47 Å². The number of methoxy groups -OCH3 is 2. The number of esters is 2. The van der Waals surface area contributed by atoms with Gasteiger partial charge >= 0.3 is 158 Å². The van der Waals surface area contributed by atoms with Crippen molar-refractivity contribution < 1.29 is 31.6 Å². The maximum absolute atomic E-state index is 12.7. The SMILES string of the molecule is COC(=O)COc1ccc([Te](=O)c2ccc(OCC(=O)OC)cc2)cc1. The molecule has 0 aliphatic heterocycles. The normalized spacial score (nSPS) is 10.3. The summed E-state index contributed by atoms with van der Waals surface area (Å²) in [4.78, 5) is 22.1. The first kappa shape index (κ1) is 19.9. The molecule has 0 fully saturated rings. The Bertz CT molecular complexity index is 704. The van der Waals surface area contributed by atoms with Gasteiger partial charge in [-0.05, 0) is 0 Å². The maximum atomic E-state index is 12.7. The third-order valence-electron chi connectivity index (χ3n) is 3.24. The Hall–Kier alpha value is -2.43. The molecular formula is C18H18O7Te. The summed E-state index contributed by atoms with van der Waals surface area (Å²) in [5.74, 6) is 0.0538. The second kappa shape index (κ2) is 9.90. The average Bonchev–Trinajstić information content (AvgIpc) is 2.70. The van der Waals surface area contributed by atoms with Gasteiger partial charge in [0.2, 0.25) is 0 Å². The van der Waals surface area contributed by atoms with Crippen LogP contribution in [0.2, 0.25) is 0 Å². The molecule has 0 atom stereocenters. The zero-order valence-electron chi connectivity index (χ0n) is 14.3. The van der Waals surface area contributed by atoms with Crippen LogP contribution < -0.4 is 16.7 Å². The van der Waals surface area contributed by atoms with E-state index >= 15 is 0 Å². The Balaban J connectivity index is 1.97. The van der Waals surface area contributed by atoms with Crippen LogP contribution in [0, 0.1) is 0 Å². The second-order valence-electron chi connectivity index (χ2n) is 4.94. The zero-order chi connectivity index (χ0) is 18.9. The van der Waals surface area contributed by atoms with E-state index in [4.69, 9.17) is 9.47 Å². The van der Waals surface area contributed by atoms with Crippen molar-refractivity contribution >= 4 is 38.7 Å². The number of hydrogen-bond donors (Lipinski definition) is 0. The quantitative estimate of drug-likeness (QED) is 0.403. The van der Waals surface area contributed by atoms with Gasteiger partial charge in [-0.15, -0.1) is 0 Å². The standard InChI is InChI=1S/C18H18O7Te/c1-22-17(19)11-24-13-3-7-15(8-4-13)26(21)16-9-5-14(6-10-16)25-12-18(20)23-2/h3-10H,11-12H2,1-2H3. The van der Waals surface area contributed by atoms with Crippen molar-refractivity contribution in [3.63, 3.8) is 0 Å². The molecule has 0 aliphatic carbocycles. The summed E-state index contributed by atoms with van der Waals surface area (Å²) in [6, 6.07) is 13.5. The fraction of sp³-hybridized carbons (Fsp3) is 0.222. The van der Waals surface area contributed by atoms with E-state index < -0.39 is 31.5 Å². The minimum atomic E-state index is -2.93. The Morgan fingerprint density at radius 1 is 0.731 bits per heavy atom. The topological polar surface area (TPSA) is 88.1 Å². The number of benzene rings is 2. The van der Waals surface area contributed by atoms with Crippen LogP contribution in [0.25, 0.3) is 0 Å². The fourth-order valence-corrected chi connectivity index (χ4v) is 4.82. The first-order chi connectivity index (χ1) is 12.5. The summed E-state index contributed by atoms with van der Waals surface area (Å²) in [6.07, 6.45) is 0. The van der Waals surface area contributed by atoms with E-state index in [0.29, 0.717) is 11.5 Å². The second-order valence-corrected chi connectivity index (χ2v) is 9.17. The number of carbonyl (C=O) groups is 2. The molecule has 0 N–H and O–H groups in total. The average molecular weight is 474 g/mol.